The van der Waals surface area contributed by atoms with Gasteiger partial charge in [-0.15, -0.1) is 11.3 Å². The van der Waals surface area contributed by atoms with Crippen LogP contribution in [0.4, 0.5) is 0 Å². The van der Waals surface area contributed by atoms with Gasteiger partial charge in [-0.05, 0) is 52.0 Å². The molecular weight excluding hydrogens is 280 g/mol. The zero-order chi connectivity index (χ0) is 15.0. The Morgan fingerprint density at radius 2 is 2.05 bits per heavy atom. The van der Waals surface area contributed by atoms with Crippen LogP contribution in [0.5, 0.6) is 5.75 Å². The zero-order valence-electron chi connectivity index (χ0n) is 12.9. The maximum absolute atomic E-state index is 5.75. The molecule has 0 saturated carbocycles. The van der Waals surface area contributed by atoms with E-state index in [0.29, 0.717) is 0 Å². The van der Waals surface area contributed by atoms with E-state index in [-0.39, 0.29) is 6.10 Å². The van der Waals surface area contributed by atoms with Crippen LogP contribution in [-0.4, -0.2) is 15.7 Å². The molecule has 0 aliphatic heterocycles. The van der Waals surface area contributed by atoms with Crippen LogP contribution >= 0.6 is 11.3 Å². The van der Waals surface area contributed by atoms with Crippen LogP contribution in [0.2, 0.25) is 0 Å². The molecule has 1 aromatic carbocycles. The summed E-state index contributed by atoms with van der Waals surface area (Å²) in [6.07, 6.45) is 2.32. The van der Waals surface area contributed by atoms with E-state index in [2.05, 4.69) is 47.8 Å². The van der Waals surface area contributed by atoms with Gasteiger partial charge in [0, 0.05) is 22.0 Å². The van der Waals surface area contributed by atoms with Gasteiger partial charge < -0.3 is 9.30 Å². The van der Waals surface area contributed by atoms with Crippen LogP contribution in [0.25, 0.3) is 10.9 Å². The maximum Gasteiger partial charge on any atom is 0.120 e. The highest BCUT2D eigenvalue weighted by Crippen LogP contribution is 2.25. The number of aromatic nitrogens is 2. The molecule has 3 nitrogen and oxygen atoms in total. The van der Waals surface area contributed by atoms with E-state index in [1.807, 2.05) is 19.9 Å². The molecule has 0 aliphatic carbocycles. The lowest BCUT2D eigenvalue weighted by atomic mass is 10.2. The summed E-state index contributed by atoms with van der Waals surface area (Å²) in [6.45, 7) is 9.11. The summed E-state index contributed by atoms with van der Waals surface area (Å²) in [5.41, 5.74) is 2.36. The number of aryl methyl sites for hydroxylation is 2. The SMILES string of the molecule is Cc1nc(Cn2ccc3cc(OC(C)C)ccc32)sc1C. The smallest absolute Gasteiger partial charge is 0.120 e. The van der Waals surface area contributed by atoms with Crippen LogP contribution in [0.1, 0.15) is 29.4 Å². The van der Waals surface area contributed by atoms with Crippen molar-refractivity contribution < 1.29 is 4.74 Å². The Bertz CT molecular complexity index is 751. The summed E-state index contributed by atoms with van der Waals surface area (Å²) < 4.78 is 7.99. The van der Waals surface area contributed by atoms with Crippen molar-refractivity contribution in [2.45, 2.75) is 40.3 Å². The second kappa shape index (κ2) is 5.53. The Kier molecular flexibility index (Phi) is 3.72. The number of hydrogen-bond acceptors (Lipinski definition) is 3. The van der Waals surface area contributed by atoms with E-state index >= 15 is 0 Å². The lowest BCUT2D eigenvalue weighted by molar-refractivity contribution is 0.243. The summed E-state index contributed by atoms with van der Waals surface area (Å²) in [7, 11) is 0. The van der Waals surface area contributed by atoms with E-state index in [0.717, 1.165) is 23.0 Å². The molecule has 3 aromatic rings. The standard InChI is InChI=1S/C17H20N2OS/c1-11(2)20-15-5-6-16-14(9-15)7-8-19(16)10-17-18-12(3)13(4)21-17/h5-9,11H,10H2,1-4H3. The minimum absolute atomic E-state index is 0.200. The Morgan fingerprint density at radius 1 is 1.24 bits per heavy atom. The monoisotopic (exact) mass is 300 g/mol. The third-order valence-corrected chi connectivity index (χ3v) is 4.55. The van der Waals surface area contributed by atoms with Gasteiger partial charge in [-0.25, -0.2) is 4.98 Å². The third-order valence-electron chi connectivity index (χ3n) is 3.49. The van der Waals surface area contributed by atoms with Gasteiger partial charge in [-0.3, -0.25) is 0 Å². The molecular formula is C17H20N2OS. The molecule has 0 saturated heterocycles. The number of hydrogen-bond donors (Lipinski definition) is 0. The zero-order valence-corrected chi connectivity index (χ0v) is 13.7. The van der Waals surface area contributed by atoms with Crippen LogP contribution in [0, 0.1) is 13.8 Å². The van der Waals surface area contributed by atoms with Crippen molar-refractivity contribution in [1.82, 2.24) is 9.55 Å². The average molecular weight is 300 g/mol. The summed E-state index contributed by atoms with van der Waals surface area (Å²) in [6, 6.07) is 8.40. The second-order valence-electron chi connectivity index (χ2n) is 5.58. The van der Waals surface area contributed by atoms with Gasteiger partial charge in [0.05, 0.1) is 18.3 Å². The van der Waals surface area contributed by atoms with Gasteiger partial charge in [0.2, 0.25) is 0 Å². The highest BCUT2D eigenvalue weighted by Gasteiger charge is 2.08. The Labute approximate surface area is 129 Å². The summed E-state index contributed by atoms with van der Waals surface area (Å²) in [4.78, 5) is 5.92. The van der Waals surface area contributed by atoms with Crippen molar-refractivity contribution in [3.8, 4) is 5.75 Å². The van der Waals surface area contributed by atoms with Crippen molar-refractivity contribution >= 4 is 22.2 Å². The minimum Gasteiger partial charge on any atom is -0.491 e. The van der Waals surface area contributed by atoms with Crippen molar-refractivity contribution in [1.29, 1.82) is 0 Å². The molecule has 0 bridgehead atoms. The molecule has 2 aromatic heterocycles. The fraction of sp³-hybridized carbons (Fsp3) is 0.353. The highest BCUT2D eigenvalue weighted by molar-refractivity contribution is 7.11. The summed E-state index contributed by atoms with van der Waals surface area (Å²) in [5, 5.41) is 2.36. The molecule has 21 heavy (non-hydrogen) atoms. The number of nitrogens with zero attached hydrogens (tertiary/aromatic N) is 2. The molecule has 110 valence electrons. The molecule has 0 amide bonds. The predicted octanol–water partition coefficient (Wildman–Crippen LogP) is 4.55. The molecule has 0 spiro atoms. The number of thiazole rings is 1. The molecule has 0 unspecified atom stereocenters. The largest absolute Gasteiger partial charge is 0.491 e. The van der Waals surface area contributed by atoms with Gasteiger partial charge >= 0.3 is 0 Å². The van der Waals surface area contributed by atoms with Gasteiger partial charge in [0.15, 0.2) is 0 Å². The number of fused-ring (bicyclic) bond motifs is 1. The molecule has 0 fully saturated rings. The number of ether oxygens (including phenoxy) is 1. The van der Waals surface area contributed by atoms with Crippen molar-refractivity contribution in [2.75, 3.05) is 0 Å². The number of rotatable bonds is 4. The Balaban J connectivity index is 1.89. The first kappa shape index (κ1) is 14.1. The molecule has 0 radical (unpaired) electrons. The molecule has 0 aliphatic rings. The average Bonchev–Trinajstić information content (AvgIpc) is 2.94. The lowest BCUT2D eigenvalue weighted by Gasteiger charge is -2.10. The van der Waals surface area contributed by atoms with E-state index in [1.165, 1.54) is 15.8 Å². The van der Waals surface area contributed by atoms with Crippen LogP contribution < -0.4 is 4.74 Å². The van der Waals surface area contributed by atoms with Gasteiger partial charge in [-0.2, -0.15) is 0 Å². The van der Waals surface area contributed by atoms with Crippen LogP contribution in [0.15, 0.2) is 30.5 Å². The first-order valence-corrected chi connectivity index (χ1v) is 8.03. The van der Waals surface area contributed by atoms with E-state index in [9.17, 15) is 0 Å². The molecule has 2 heterocycles. The molecule has 0 atom stereocenters. The lowest BCUT2D eigenvalue weighted by Crippen LogP contribution is -2.05. The Hall–Kier alpha value is -1.81. The second-order valence-corrected chi connectivity index (χ2v) is 6.87. The van der Waals surface area contributed by atoms with Crippen molar-refractivity contribution in [3.63, 3.8) is 0 Å². The normalized spacial score (nSPS) is 11.5. The predicted molar refractivity (Wildman–Crippen MR) is 88.4 cm³/mol. The van der Waals surface area contributed by atoms with Crippen molar-refractivity contribution in [3.05, 3.63) is 46.0 Å². The minimum atomic E-state index is 0.200. The topological polar surface area (TPSA) is 27.1 Å². The van der Waals surface area contributed by atoms with Crippen LogP contribution in [0.3, 0.4) is 0 Å². The van der Waals surface area contributed by atoms with Crippen LogP contribution in [-0.2, 0) is 6.54 Å². The number of benzene rings is 1. The molecule has 0 N–H and O–H groups in total. The third kappa shape index (κ3) is 2.95. The Morgan fingerprint density at radius 3 is 2.71 bits per heavy atom. The van der Waals surface area contributed by atoms with Gasteiger partial charge in [0.25, 0.3) is 0 Å². The van der Waals surface area contributed by atoms with Gasteiger partial charge in [-0.1, -0.05) is 0 Å². The van der Waals surface area contributed by atoms with Crippen molar-refractivity contribution in [2.24, 2.45) is 0 Å². The summed E-state index contributed by atoms with van der Waals surface area (Å²) >= 11 is 1.78. The molecule has 4 heteroatoms. The fourth-order valence-corrected chi connectivity index (χ4v) is 3.35. The summed E-state index contributed by atoms with van der Waals surface area (Å²) in [5.74, 6) is 0.927. The maximum atomic E-state index is 5.75. The molecule has 3 rings (SSSR count). The first-order chi connectivity index (χ1) is 10.0. The van der Waals surface area contributed by atoms with E-state index in [1.54, 1.807) is 11.3 Å². The highest BCUT2D eigenvalue weighted by atomic mass is 32.1. The van der Waals surface area contributed by atoms with Gasteiger partial charge in [0.1, 0.15) is 10.8 Å². The first-order valence-electron chi connectivity index (χ1n) is 7.21. The van der Waals surface area contributed by atoms with E-state index < -0.39 is 0 Å². The quantitative estimate of drug-likeness (QED) is 0.707. The fourth-order valence-electron chi connectivity index (χ4n) is 2.41. The van der Waals surface area contributed by atoms with E-state index in [4.69, 9.17) is 4.74 Å².